The molecule has 1 saturated heterocycles. The number of hydrogen-bond donors (Lipinski definition) is 1. The lowest BCUT2D eigenvalue weighted by atomic mass is 9.90. The zero-order chi connectivity index (χ0) is 18.4. The molecule has 1 aliphatic carbocycles. The third kappa shape index (κ3) is 5.50. The Morgan fingerprint density at radius 1 is 1.04 bits per heavy atom. The molecule has 0 spiro atoms. The number of ether oxygens (including phenoxy) is 3. The summed E-state index contributed by atoms with van der Waals surface area (Å²) in [4.78, 5) is 2.51. The van der Waals surface area contributed by atoms with Gasteiger partial charge in [-0.3, -0.25) is 4.90 Å². The van der Waals surface area contributed by atoms with E-state index in [4.69, 9.17) is 14.2 Å². The first-order valence-corrected chi connectivity index (χ1v) is 9.96. The second-order valence-electron chi connectivity index (χ2n) is 7.42. The molecule has 27 heavy (non-hydrogen) atoms. The zero-order valence-electron chi connectivity index (χ0n) is 16.6. The Bertz CT molecular complexity index is 571. The predicted molar refractivity (Wildman–Crippen MR) is 109 cm³/mol. The molecule has 0 amide bonds. The van der Waals surface area contributed by atoms with Crippen molar-refractivity contribution in [2.75, 3.05) is 34.0 Å². The van der Waals surface area contributed by atoms with Gasteiger partial charge in [0, 0.05) is 12.1 Å². The SMILES string of the molecule is COc1ccc(CCO[C@@H]2CCCC[C@@H]2N2CCCC2CO)cc1OC.Cl. The molecule has 3 atom stereocenters. The second-order valence-corrected chi connectivity index (χ2v) is 7.42. The van der Waals surface area contributed by atoms with Crippen LogP contribution in [-0.2, 0) is 11.2 Å². The van der Waals surface area contributed by atoms with Crippen molar-refractivity contribution in [1.82, 2.24) is 4.90 Å². The Labute approximate surface area is 169 Å². The van der Waals surface area contributed by atoms with Gasteiger partial charge < -0.3 is 19.3 Å². The van der Waals surface area contributed by atoms with Crippen molar-refractivity contribution < 1.29 is 19.3 Å². The molecule has 3 rings (SSSR count). The fraction of sp³-hybridized carbons (Fsp3) is 0.714. The van der Waals surface area contributed by atoms with Crippen molar-refractivity contribution in [2.45, 2.75) is 63.1 Å². The van der Waals surface area contributed by atoms with Crippen molar-refractivity contribution in [3.8, 4) is 11.5 Å². The Balaban J connectivity index is 0.00000261. The lowest BCUT2D eigenvalue weighted by Gasteiger charge is -2.40. The van der Waals surface area contributed by atoms with Crippen LogP contribution in [0.1, 0.15) is 44.1 Å². The summed E-state index contributed by atoms with van der Waals surface area (Å²) in [6.07, 6.45) is 8.31. The Kier molecular flexibility index (Phi) is 9.16. The number of aliphatic hydroxyl groups is 1. The summed E-state index contributed by atoms with van der Waals surface area (Å²) < 4.78 is 17.0. The summed E-state index contributed by atoms with van der Waals surface area (Å²) >= 11 is 0. The first-order valence-electron chi connectivity index (χ1n) is 9.96. The average Bonchev–Trinajstić information content (AvgIpc) is 3.16. The van der Waals surface area contributed by atoms with Crippen LogP contribution in [0.15, 0.2) is 18.2 Å². The topological polar surface area (TPSA) is 51.2 Å². The average molecular weight is 400 g/mol. The summed E-state index contributed by atoms with van der Waals surface area (Å²) in [6.45, 7) is 2.09. The van der Waals surface area contributed by atoms with Gasteiger partial charge >= 0.3 is 0 Å². The second kappa shape index (κ2) is 11.1. The standard InChI is InChI=1S/C21H33NO4.ClH/c1-24-20-10-9-16(14-21(20)25-2)11-13-26-19-8-4-3-7-18(19)22-12-5-6-17(22)15-23;/h9-10,14,17-19,23H,3-8,11-13,15H2,1-2H3;1H/t17?,18-,19+;/m0./s1. The number of benzene rings is 1. The van der Waals surface area contributed by atoms with E-state index in [-0.39, 0.29) is 25.1 Å². The van der Waals surface area contributed by atoms with Crippen molar-refractivity contribution >= 4 is 12.4 Å². The van der Waals surface area contributed by atoms with Crippen LogP contribution in [0.2, 0.25) is 0 Å². The summed E-state index contributed by atoms with van der Waals surface area (Å²) in [5.74, 6) is 1.52. The lowest BCUT2D eigenvalue weighted by molar-refractivity contribution is -0.0442. The summed E-state index contributed by atoms with van der Waals surface area (Å²) in [5.41, 5.74) is 1.20. The van der Waals surface area contributed by atoms with E-state index in [1.54, 1.807) is 14.2 Å². The zero-order valence-corrected chi connectivity index (χ0v) is 17.4. The van der Waals surface area contributed by atoms with Gasteiger partial charge in [0.2, 0.25) is 0 Å². The van der Waals surface area contributed by atoms with Crippen molar-refractivity contribution in [1.29, 1.82) is 0 Å². The smallest absolute Gasteiger partial charge is 0.160 e. The monoisotopic (exact) mass is 399 g/mol. The molecule has 1 saturated carbocycles. The highest BCUT2D eigenvalue weighted by Gasteiger charge is 2.36. The maximum Gasteiger partial charge on any atom is 0.160 e. The number of methoxy groups -OCH3 is 2. The van der Waals surface area contributed by atoms with Crippen LogP contribution in [0.5, 0.6) is 11.5 Å². The molecule has 1 unspecified atom stereocenters. The molecule has 2 fully saturated rings. The molecule has 1 heterocycles. The summed E-state index contributed by atoms with van der Waals surface area (Å²) in [7, 11) is 3.32. The Morgan fingerprint density at radius 2 is 1.81 bits per heavy atom. The lowest BCUT2D eigenvalue weighted by Crippen LogP contribution is -2.49. The molecular formula is C21H34ClNO4. The van der Waals surface area contributed by atoms with Gasteiger partial charge in [0.05, 0.1) is 33.5 Å². The molecule has 2 aliphatic rings. The van der Waals surface area contributed by atoms with Crippen LogP contribution in [0.4, 0.5) is 0 Å². The van der Waals surface area contributed by atoms with Gasteiger partial charge in [0.15, 0.2) is 11.5 Å². The third-order valence-electron chi connectivity index (χ3n) is 5.90. The molecular weight excluding hydrogens is 366 g/mol. The minimum absolute atomic E-state index is 0. The third-order valence-corrected chi connectivity index (χ3v) is 5.90. The van der Waals surface area contributed by atoms with Crippen LogP contribution < -0.4 is 9.47 Å². The molecule has 1 N–H and O–H groups in total. The van der Waals surface area contributed by atoms with E-state index < -0.39 is 0 Å². The summed E-state index contributed by atoms with van der Waals surface area (Å²) in [5, 5.41) is 9.67. The quantitative estimate of drug-likeness (QED) is 0.725. The highest BCUT2D eigenvalue weighted by Crippen LogP contribution is 2.31. The highest BCUT2D eigenvalue weighted by atomic mass is 35.5. The van der Waals surface area contributed by atoms with Gasteiger partial charge in [0.1, 0.15) is 0 Å². The van der Waals surface area contributed by atoms with Crippen molar-refractivity contribution in [2.24, 2.45) is 0 Å². The van der Waals surface area contributed by atoms with Gasteiger partial charge in [0.25, 0.3) is 0 Å². The van der Waals surface area contributed by atoms with E-state index in [1.807, 2.05) is 12.1 Å². The van der Waals surface area contributed by atoms with E-state index in [0.29, 0.717) is 18.7 Å². The number of rotatable bonds is 8. The molecule has 6 heteroatoms. The van der Waals surface area contributed by atoms with Crippen LogP contribution >= 0.6 is 12.4 Å². The number of nitrogens with zero attached hydrogens (tertiary/aromatic N) is 1. The van der Waals surface area contributed by atoms with Gasteiger partial charge in [-0.2, -0.15) is 0 Å². The Morgan fingerprint density at radius 3 is 2.56 bits per heavy atom. The highest BCUT2D eigenvalue weighted by molar-refractivity contribution is 5.85. The minimum Gasteiger partial charge on any atom is -0.493 e. The molecule has 1 aromatic carbocycles. The van der Waals surface area contributed by atoms with Crippen LogP contribution in [0, 0.1) is 0 Å². The van der Waals surface area contributed by atoms with E-state index in [9.17, 15) is 5.11 Å². The van der Waals surface area contributed by atoms with E-state index >= 15 is 0 Å². The van der Waals surface area contributed by atoms with Gasteiger partial charge in [-0.1, -0.05) is 18.9 Å². The molecule has 1 aliphatic heterocycles. The largest absolute Gasteiger partial charge is 0.493 e. The molecule has 0 aromatic heterocycles. The first kappa shape index (κ1) is 22.3. The fourth-order valence-electron chi connectivity index (χ4n) is 4.51. The maximum absolute atomic E-state index is 9.67. The van der Waals surface area contributed by atoms with Gasteiger partial charge in [-0.25, -0.2) is 0 Å². The molecule has 154 valence electrons. The van der Waals surface area contributed by atoms with Crippen molar-refractivity contribution in [3.05, 3.63) is 23.8 Å². The van der Waals surface area contributed by atoms with Crippen LogP contribution in [0.3, 0.4) is 0 Å². The van der Waals surface area contributed by atoms with Crippen LogP contribution in [0.25, 0.3) is 0 Å². The first-order chi connectivity index (χ1) is 12.8. The minimum atomic E-state index is 0. The summed E-state index contributed by atoms with van der Waals surface area (Å²) in [6, 6.07) is 6.85. The van der Waals surface area contributed by atoms with Gasteiger partial charge in [-0.15, -0.1) is 12.4 Å². The molecule has 1 aromatic rings. The normalized spacial score (nSPS) is 25.8. The molecule has 5 nitrogen and oxygen atoms in total. The van der Waals surface area contributed by atoms with Crippen molar-refractivity contribution in [3.63, 3.8) is 0 Å². The number of aliphatic hydroxyl groups excluding tert-OH is 1. The number of hydrogen-bond acceptors (Lipinski definition) is 5. The maximum atomic E-state index is 9.67. The van der Waals surface area contributed by atoms with Crippen LogP contribution in [-0.4, -0.2) is 62.2 Å². The van der Waals surface area contributed by atoms with E-state index in [2.05, 4.69) is 11.0 Å². The van der Waals surface area contributed by atoms with E-state index in [1.165, 1.54) is 31.2 Å². The van der Waals surface area contributed by atoms with E-state index in [0.717, 1.165) is 37.3 Å². The molecule has 0 bridgehead atoms. The number of likely N-dealkylation sites (tertiary alicyclic amines) is 1. The fourth-order valence-corrected chi connectivity index (χ4v) is 4.51. The number of halogens is 1. The molecule has 0 radical (unpaired) electrons. The predicted octanol–water partition coefficient (Wildman–Crippen LogP) is 3.45. The Hall–Kier alpha value is -1.01. The van der Waals surface area contributed by atoms with Gasteiger partial charge in [-0.05, 0) is 56.3 Å².